The third-order valence-electron chi connectivity index (χ3n) is 6.22. The first kappa shape index (κ1) is 21.9. The fourth-order valence-electron chi connectivity index (χ4n) is 4.67. The van der Waals surface area contributed by atoms with Gasteiger partial charge in [-0.2, -0.15) is 0 Å². The molecular formula is C27H27BrN4O. The molecule has 0 radical (unpaired) electrons. The van der Waals surface area contributed by atoms with E-state index in [1.807, 2.05) is 49.4 Å². The van der Waals surface area contributed by atoms with E-state index < -0.39 is 0 Å². The van der Waals surface area contributed by atoms with Gasteiger partial charge in [-0.3, -0.25) is 14.3 Å². The van der Waals surface area contributed by atoms with Crippen LogP contribution in [0.5, 0.6) is 0 Å². The number of fused-ring (bicyclic) bond motifs is 1. The molecule has 5 nitrogen and oxygen atoms in total. The van der Waals surface area contributed by atoms with Crippen molar-refractivity contribution in [2.24, 2.45) is 5.92 Å². The van der Waals surface area contributed by atoms with Crippen molar-refractivity contribution in [2.75, 3.05) is 18.4 Å². The second kappa shape index (κ2) is 9.49. The number of rotatable bonds is 5. The summed E-state index contributed by atoms with van der Waals surface area (Å²) >= 11 is 3.60. The molecule has 1 aliphatic heterocycles. The Balaban J connectivity index is 1.37. The SMILES string of the molecule is Cc1cccc(NC(=O)[C@H]2CCCN(Cc3nc4ccccc4n3-c3cccc(Br)c3)C2)c1. The fraction of sp³-hybridized carbons (Fsp3) is 0.259. The van der Waals surface area contributed by atoms with E-state index in [0.29, 0.717) is 6.54 Å². The van der Waals surface area contributed by atoms with Crippen molar-refractivity contribution in [1.82, 2.24) is 14.5 Å². The topological polar surface area (TPSA) is 50.2 Å². The summed E-state index contributed by atoms with van der Waals surface area (Å²) in [6.07, 6.45) is 1.92. The van der Waals surface area contributed by atoms with Crippen LogP contribution < -0.4 is 5.32 Å². The lowest BCUT2D eigenvalue weighted by molar-refractivity contribution is -0.121. The Morgan fingerprint density at radius 1 is 1.09 bits per heavy atom. The zero-order chi connectivity index (χ0) is 22.8. The summed E-state index contributed by atoms with van der Waals surface area (Å²) in [5, 5.41) is 3.11. The van der Waals surface area contributed by atoms with Gasteiger partial charge in [0.05, 0.1) is 23.5 Å². The van der Waals surface area contributed by atoms with Crippen LogP contribution in [0.4, 0.5) is 5.69 Å². The van der Waals surface area contributed by atoms with Crippen molar-refractivity contribution < 1.29 is 4.79 Å². The van der Waals surface area contributed by atoms with E-state index >= 15 is 0 Å². The monoisotopic (exact) mass is 502 g/mol. The number of likely N-dealkylation sites (tertiary alicyclic amines) is 1. The van der Waals surface area contributed by atoms with Crippen LogP contribution in [-0.4, -0.2) is 33.4 Å². The summed E-state index contributed by atoms with van der Waals surface area (Å²) in [7, 11) is 0. The van der Waals surface area contributed by atoms with E-state index in [0.717, 1.165) is 64.2 Å². The number of carbonyl (C=O) groups excluding carboxylic acids is 1. The molecule has 0 saturated carbocycles. The molecule has 0 aliphatic carbocycles. The Morgan fingerprint density at radius 3 is 2.79 bits per heavy atom. The summed E-state index contributed by atoms with van der Waals surface area (Å²) in [5.41, 5.74) is 5.17. The van der Waals surface area contributed by atoms with E-state index in [4.69, 9.17) is 4.98 Å². The smallest absolute Gasteiger partial charge is 0.228 e. The number of hydrogen-bond donors (Lipinski definition) is 1. The minimum absolute atomic E-state index is 0.0250. The molecule has 3 aromatic carbocycles. The number of imidazole rings is 1. The molecule has 5 rings (SSSR count). The van der Waals surface area contributed by atoms with Crippen LogP contribution in [-0.2, 0) is 11.3 Å². The molecule has 168 valence electrons. The highest BCUT2D eigenvalue weighted by Crippen LogP contribution is 2.26. The first-order valence-corrected chi connectivity index (χ1v) is 12.2. The molecule has 1 aliphatic rings. The minimum Gasteiger partial charge on any atom is -0.326 e. The van der Waals surface area contributed by atoms with Gasteiger partial charge in [-0.1, -0.05) is 46.3 Å². The first-order chi connectivity index (χ1) is 16.1. The number of nitrogens with zero attached hydrogens (tertiary/aromatic N) is 3. The van der Waals surface area contributed by atoms with Crippen molar-refractivity contribution >= 4 is 38.6 Å². The molecule has 1 amide bonds. The summed E-state index contributed by atoms with van der Waals surface area (Å²) < 4.78 is 3.27. The number of halogens is 1. The van der Waals surface area contributed by atoms with Gasteiger partial charge >= 0.3 is 0 Å². The van der Waals surface area contributed by atoms with Gasteiger partial charge in [0.2, 0.25) is 5.91 Å². The molecule has 0 unspecified atom stereocenters. The number of benzene rings is 3. The molecular weight excluding hydrogens is 476 g/mol. The lowest BCUT2D eigenvalue weighted by Crippen LogP contribution is -2.40. The maximum absolute atomic E-state index is 13.0. The quantitative estimate of drug-likeness (QED) is 0.366. The van der Waals surface area contributed by atoms with Crippen LogP contribution >= 0.6 is 15.9 Å². The number of hydrogen-bond acceptors (Lipinski definition) is 3. The number of para-hydroxylation sites is 2. The molecule has 2 heterocycles. The zero-order valence-corrected chi connectivity index (χ0v) is 20.3. The second-order valence-corrected chi connectivity index (χ2v) is 9.68. The van der Waals surface area contributed by atoms with Crippen molar-refractivity contribution in [1.29, 1.82) is 0 Å². The Hall–Kier alpha value is -2.96. The van der Waals surface area contributed by atoms with Crippen molar-refractivity contribution in [3.63, 3.8) is 0 Å². The van der Waals surface area contributed by atoms with E-state index in [2.05, 4.69) is 61.0 Å². The predicted octanol–water partition coefficient (Wildman–Crippen LogP) is 5.95. The van der Waals surface area contributed by atoms with Crippen LogP contribution in [0.25, 0.3) is 16.7 Å². The van der Waals surface area contributed by atoms with Gasteiger partial charge in [0, 0.05) is 22.4 Å². The first-order valence-electron chi connectivity index (χ1n) is 11.4. The molecule has 1 atom stereocenters. The van der Waals surface area contributed by atoms with Gasteiger partial charge in [0.1, 0.15) is 5.82 Å². The molecule has 4 aromatic rings. The number of aryl methyl sites for hydroxylation is 1. The van der Waals surface area contributed by atoms with Crippen molar-refractivity contribution in [3.8, 4) is 5.69 Å². The number of nitrogens with one attached hydrogen (secondary N) is 1. The van der Waals surface area contributed by atoms with E-state index in [9.17, 15) is 4.79 Å². The third kappa shape index (κ3) is 4.87. The van der Waals surface area contributed by atoms with Crippen LogP contribution in [0, 0.1) is 12.8 Å². The lowest BCUT2D eigenvalue weighted by atomic mass is 9.97. The summed E-state index contributed by atoms with van der Waals surface area (Å²) in [6.45, 7) is 4.44. The van der Waals surface area contributed by atoms with Crippen LogP contribution in [0.1, 0.15) is 24.2 Å². The number of aromatic nitrogens is 2. The summed E-state index contributed by atoms with van der Waals surface area (Å²) in [5.74, 6) is 1.07. The molecule has 1 N–H and O–H groups in total. The van der Waals surface area contributed by atoms with Gasteiger partial charge in [-0.05, 0) is 74.3 Å². The molecule has 33 heavy (non-hydrogen) atoms. The Bertz CT molecular complexity index is 1300. The third-order valence-corrected chi connectivity index (χ3v) is 6.72. The standard InChI is InChI=1S/C27H27BrN4O/c1-19-7-4-10-22(15-19)29-27(33)20-8-6-14-31(17-20)18-26-30-24-12-2-3-13-25(24)32(26)23-11-5-9-21(28)16-23/h2-5,7,9-13,15-16,20H,6,8,14,17-18H2,1H3,(H,29,33)/t20-/m0/s1. The average Bonchev–Trinajstić information content (AvgIpc) is 3.17. The summed E-state index contributed by atoms with van der Waals surface area (Å²) in [4.78, 5) is 20.3. The van der Waals surface area contributed by atoms with E-state index in [1.165, 1.54) is 0 Å². The molecule has 0 bridgehead atoms. The van der Waals surface area contributed by atoms with Gasteiger partial charge in [-0.15, -0.1) is 0 Å². The minimum atomic E-state index is -0.0250. The number of piperidine rings is 1. The zero-order valence-electron chi connectivity index (χ0n) is 18.7. The molecule has 0 spiro atoms. The van der Waals surface area contributed by atoms with E-state index in [-0.39, 0.29) is 11.8 Å². The second-order valence-electron chi connectivity index (χ2n) is 8.77. The molecule has 1 saturated heterocycles. The number of carbonyl (C=O) groups is 1. The average molecular weight is 503 g/mol. The van der Waals surface area contributed by atoms with Crippen LogP contribution in [0.3, 0.4) is 0 Å². The van der Waals surface area contributed by atoms with Crippen molar-refractivity contribution in [3.05, 3.63) is 88.7 Å². The molecule has 6 heteroatoms. The largest absolute Gasteiger partial charge is 0.326 e. The normalized spacial score (nSPS) is 16.7. The van der Waals surface area contributed by atoms with E-state index in [1.54, 1.807) is 0 Å². The fourth-order valence-corrected chi connectivity index (χ4v) is 5.05. The molecule has 1 aromatic heterocycles. The Kier molecular flexibility index (Phi) is 6.29. The number of anilines is 1. The lowest BCUT2D eigenvalue weighted by Gasteiger charge is -2.31. The highest BCUT2D eigenvalue weighted by atomic mass is 79.9. The summed E-state index contributed by atoms with van der Waals surface area (Å²) in [6, 6.07) is 24.5. The number of amides is 1. The Morgan fingerprint density at radius 2 is 1.94 bits per heavy atom. The van der Waals surface area contributed by atoms with Crippen LogP contribution in [0.2, 0.25) is 0 Å². The van der Waals surface area contributed by atoms with Gasteiger partial charge in [0.25, 0.3) is 0 Å². The van der Waals surface area contributed by atoms with Gasteiger partial charge in [0.15, 0.2) is 0 Å². The molecule has 1 fully saturated rings. The van der Waals surface area contributed by atoms with Gasteiger partial charge < -0.3 is 5.32 Å². The van der Waals surface area contributed by atoms with Crippen LogP contribution in [0.15, 0.2) is 77.3 Å². The highest BCUT2D eigenvalue weighted by molar-refractivity contribution is 9.10. The highest BCUT2D eigenvalue weighted by Gasteiger charge is 2.27. The van der Waals surface area contributed by atoms with Gasteiger partial charge in [-0.25, -0.2) is 4.98 Å². The van der Waals surface area contributed by atoms with Crippen molar-refractivity contribution in [2.45, 2.75) is 26.3 Å². The maximum Gasteiger partial charge on any atom is 0.228 e. The predicted molar refractivity (Wildman–Crippen MR) is 137 cm³/mol. The Labute approximate surface area is 202 Å². The maximum atomic E-state index is 13.0.